The molecule has 2 aliphatic rings. The van der Waals surface area contributed by atoms with Crippen molar-refractivity contribution < 1.29 is 9.59 Å². The monoisotopic (exact) mass is 343 g/mol. The molecule has 7 heteroatoms. The van der Waals surface area contributed by atoms with Gasteiger partial charge in [-0.2, -0.15) is 0 Å². The van der Waals surface area contributed by atoms with Crippen LogP contribution in [0.1, 0.15) is 35.2 Å². The molecule has 0 aliphatic carbocycles. The lowest BCUT2D eigenvalue weighted by atomic mass is 10.1. The molecule has 0 bridgehead atoms. The molecule has 0 spiro atoms. The van der Waals surface area contributed by atoms with Crippen LogP contribution in [0.2, 0.25) is 0 Å². The number of likely N-dealkylation sites (tertiary alicyclic amines) is 1. The first kappa shape index (κ1) is 17.3. The zero-order chi connectivity index (χ0) is 17.6. The summed E-state index contributed by atoms with van der Waals surface area (Å²) in [7, 11) is 0. The lowest BCUT2D eigenvalue weighted by Gasteiger charge is -2.27. The van der Waals surface area contributed by atoms with Gasteiger partial charge in [0.05, 0.1) is 13.1 Å². The summed E-state index contributed by atoms with van der Waals surface area (Å²) in [6.07, 6.45) is 3.60. The second-order valence-corrected chi connectivity index (χ2v) is 6.50. The van der Waals surface area contributed by atoms with Crippen molar-refractivity contribution in [3.63, 3.8) is 0 Å². The van der Waals surface area contributed by atoms with Crippen molar-refractivity contribution in [1.29, 1.82) is 0 Å². The molecule has 2 aliphatic heterocycles. The number of piperazine rings is 1. The number of nitrogens with zero attached hydrogens (tertiary/aromatic N) is 3. The van der Waals surface area contributed by atoms with Crippen molar-refractivity contribution in [2.24, 2.45) is 10.7 Å². The molecule has 134 valence electrons. The summed E-state index contributed by atoms with van der Waals surface area (Å²) >= 11 is 0. The molecule has 0 atom stereocenters. The fourth-order valence-electron chi connectivity index (χ4n) is 3.14. The van der Waals surface area contributed by atoms with E-state index in [9.17, 15) is 9.59 Å². The summed E-state index contributed by atoms with van der Waals surface area (Å²) < 4.78 is 0. The zero-order valence-electron chi connectivity index (χ0n) is 14.4. The third-order valence-electron chi connectivity index (χ3n) is 4.63. The van der Waals surface area contributed by atoms with Gasteiger partial charge < -0.3 is 20.9 Å². The highest BCUT2D eigenvalue weighted by Gasteiger charge is 2.22. The van der Waals surface area contributed by atoms with E-state index in [0.717, 1.165) is 18.7 Å². The lowest BCUT2D eigenvalue weighted by Crippen LogP contribution is -2.49. The number of rotatable bonds is 3. The first-order valence-electron chi connectivity index (χ1n) is 8.83. The van der Waals surface area contributed by atoms with Crippen molar-refractivity contribution in [3.05, 3.63) is 35.4 Å². The summed E-state index contributed by atoms with van der Waals surface area (Å²) in [5.74, 6) is 0.371. The Bertz CT molecular complexity index is 650. The molecule has 1 aromatic carbocycles. The molecule has 2 heterocycles. The van der Waals surface area contributed by atoms with Gasteiger partial charge in [0.2, 0.25) is 5.91 Å². The number of carbonyl (C=O) groups excluding carboxylic acids is 2. The number of aliphatic imine (C=N–C) groups is 1. The summed E-state index contributed by atoms with van der Waals surface area (Å²) in [5, 5.41) is 2.72. The van der Waals surface area contributed by atoms with Crippen molar-refractivity contribution >= 4 is 17.8 Å². The number of nitrogens with one attached hydrogen (secondary N) is 1. The van der Waals surface area contributed by atoms with E-state index in [1.54, 1.807) is 17.0 Å². The predicted octanol–water partition coefficient (Wildman–Crippen LogP) is 0.559. The molecule has 0 unspecified atom stereocenters. The maximum absolute atomic E-state index is 12.4. The number of carbonyl (C=O) groups is 2. The normalized spacial score (nSPS) is 18.9. The summed E-state index contributed by atoms with van der Waals surface area (Å²) in [5.41, 5.74) is 7.66. The number of amides is 2. The number of hydrogen-bond donors (Lipinski definition) is 2. The predicted molar refractivity (Wildman–Crippen MR) is 96.1 cm³/mol. The third kappa shape index (κ3) is 4.49. The van der Waals surface area contributed by atoms with Gasteiger partial charge in [0.1, 0.15) is 0 Å². The molecule has 2 saturated heterocycles. The highest BCUT2D eigenvalue weighted by Crippen LogP contribution is 2.11. The molecule has 0 saturated carbocycles. The average molecular weight is 343 g/mol. The minimum atomic E-state index is -0.113. The van der Waals surface area contributed by atoms with Gasteiger partial charge in [0, 0.05) is 31.7 Å². The molecule has 1 aromatic rings. The van der Waals surface area contributed by atoms with Crippen LogP contribution in [0.25, 0.3) is 0 Å². The van der Waals surface area contributed by atoms with Crippen LogP contribution in [0, 0.1) is 0 Å². The fourth-order valence-corrected chi connectivity index (χ4v) is 3.14. The second-order valence-electron chi connectivity index (χ2n) is 6.50. The molecule has 3 N–H and O–H groups in total. The van der Waals surface area contributed by atoms with Crippen LogP contribution in [0.4, 0.5) is 0 Å². The number of benzene rings is 1. The SMILES string of the molecule is NC(=NCc1ccc(C(=O)N2CCNC(=O)C2)cc1)N1CCCCC1. The Kier molecular flexibility index (Phi) is 5.53. The average Bonchev–Trinajstić information content (AvgIpc) is 2.66. The Labute approximate surface area is 147 Å². The first-order chi connectivity index (χ1) is 12.1. The minimum Gasteiger partial charge on any atom is -0.370 e. The van der Waals surface area contributed by atoms with Crippen molar-refractivity contribution in [3.8, 4) is 0 Å². The number of guanidine groups is 1. The Morgan fingerprint density at radius 3 is 2.48 bits per heavy atom. The maximum Gasteiger partial charge on any atom is 0.254 e. The van der Waals surface area contributed by atoms with Gasteiger partial charge in [-0.3, -0.25) is 9.59 Å². The zero-order valence-corrected chi connectivity index (χ0v) is 14.4. The fraction of sp³-hybridized carbons (Fsp3) is 0.500. The molecule has 7 nitrogen and oxygen atoms in total. The van der Waals surface area contributed by atoms with E-state index in [1.807, 2.05) is 12.1 Å². The molecule has 0 radical (unpaired) electrons. The summed E-state index contributed by atoms with van der Waals surface area (Å²) in [6, 6.07) is 7.36. The molecule has 2 amide bonds. The van der Waals surface area contributed by atoms with Crippen LogP contribution >= 0.6 is 0 Å². The highest BCUT2D eigenvalue weighted by molar-refractivity contribution is 5.97. The van der Waals surface area contributed by atoms with Crippen molar-refractivity contribution in [2.45, 2.75) is 25.8 Å². The quantitative estimate of drug-likeness (QED) is 0.620. The standard InChI is InChI=1S/C18H25N5O2/c19-18(22-9-2-1-3-10-22)21-12-14-4-6-15(7-5-14)17(25)23-11-8-20-16(24)13-23/h4-7H,1-3,8-13H2,(H2,19,21)(H,20,24). The summed E-state index contributed by atoms with van der Waals surface area (Å²) in [4.78, 5) is 32.0. The van der Waals surface area contributed by atoms with Crippen LogP contribution in [-0.4, -0.2) is 60.3 Å². The third-order valence-corrected chi connectivity index (χ3v) is 4.63. The second kappa shape index (κ2) is 8.00. The number of nitrogens with two attached hydrogens (primary N) is 1. The number of piperidine rings is 1. The van der Waals surface area contributed by atoms with E-state index >= 15 is 0 Å². The Morgan fingerprint density at radius 1 is 1.08 bits per heavy atom. The van der Waals surface area contributed by atoms with Gasteiger partial charge in [0.15, 0.2) is 5.96 Å². The van der Waals surface area contributed by atoms with Crippen LogP contribution in [0.15, 0.2) is 29.3 Å². The molecule has 0 aromatic heterocycles. The smallest absolute Gasteiger partial charge is 0.254 e. The summed E-state index contributed by atoms with van der Waals surface area (Å²) in [6.45, 7) is 3.63. The van der Waals surface area contributed by atoms with E-state index in [2.05, 4.69) is 15.2 Å². The van der Waals surface area contributed by atoms with E-state index in [4.69, 9.17) is 5.73 Å². The van der Waals surface area contributed by atoms with Crippen LogP contribution < -0.4 is 11.1 Å². The minimum absolute atomic E-state index is 0.112. The van der Waals surface area contributed by atoms with Gasteiger partial charge in [-0.1, -0.05) is 12.1 Å². The first-order valence-corrected chi connectivity index (χ1v) is 8.83. The van der Waals surface area contributed by atoms with Gasteiger partial charge in [-0.05, 0) is 37.0 Å². The van der Waals surface area contributed by atoms with Gasteiger partial charge in [0.25, 0.3) is 5.91 Å². The van der Waals surface area contributed by atoms with E-state index < -0.39 is 0 Å². The van der Waals surface area contributed by atoms with E-state index in [0.29, 0.717) is 31.2 Å². The van der Waals surface area contributed by atoms with E-state index in [1.165, 1.54) is 19.3 Å². The van der Waals surface area contributed by atoms with Crippen molar-refractivity contribution in [2.75, 3.05) is 32.7 Å². The molecule has 25 heavy (non-hydrogen) atoms. The van der Waals surface area contributed by atoms with Crippen LogP contribution in [0.5, 0.6) is 0 Å². The molecular formula is C18H25N5O2. The highest BCUT2D eigenvalue weighted by atomic mass is 16.2. The number of hydrogen-bond acceptors (Lipinski definition) is 3. The van der Waals surface area contributed by atoms with Crippen molar-refractivity contribution in [1.82, 2.24) is 15.1 Å². The van der Waals surface area contributed by atoms with Crippen LogP contribution in [0.3, 0.4) is 0 Å². The Hall–Kier alpha value is -2.57. The van der Waals surface area contributed by atoms with Gasteiger partial charge in [-0.25, -0.2) is 4.99 Å². The largest absolute Gasteiger partial charge is 0.370 e. The van der Waals surface area contributed by atoms with Gasteiger partial charge >= 0.3 is 0 Å². The molecule has 3 rings (SSSR count). The Morgan fingerprint density at radius 2 is 1.80 bits per heavy atom. The van der Waals surface area contributed by atoms with Crippen LogP contribution in [-0.2, 0) is 11.3 Å². The Balaban J connectivity index is 1.58. The lowest BCUT2D eigenvalue weighted by molar-refractivity contribution is -0.123. The maximum atomic E-state index is 12.4. The molecule has 2 fully saturated rings. The molecular weight excluding hydrogens is 318 g/mol. The topological polar surface area (TPSA) is 91.0 Å². The van der Waals surface area contributed by atoms with Gasteiger partial charge in [-0.15, -0.1) is 0 Å². The van der Waals surface area contributed by atoms with E-state index in [-0.39, 0.29) is 18.4 Å².